The third-order valence-electron chi connectivity index (χ3n) is 6.38. The van der Waals surface area contributed by atoms with Gasteiger partial charge in [0.1, 0.15) is 0 Å². The van der Waals surface area contributed by atoms with Crippen LogP contribution in [-0.4, -0.2) is 51.7 Å². The highest BCUT2D eigenvalue weighted by Gasteiger charge is 2.52. The number of carbonyl (C=O) groups is 2. The van der Waals surface area contributed by atoms with Gasteiger partial charge in [-0.2, -0.15) is 5.10 Å². The van der Waals surface area contributed by atoms with E-state index in [-0.39, 0.29) is 42.0 Å². The molecular weight excluding hydrogens is 446 g/mol. The molecule has 32 heavy (non-hydrogen) atoms. The number of halogens is 1. The quantitative estimate of drug-likeness (QED) is 0.654. The van der Waals surface area contributed by atoms with Crippen molar-refractivity contribution in [1.29, 1.82) is 0 Å². The van der Waals surface area contributed by atoms with E-state index in [9.17, 15) is 9.59 Å². The Balaban J connectivity index is 1.54. The lowest BCUT2D eigenvalue weighted by atomic mass is 9.75. The number of amidine groups is 1. The zero-order valence-corrected chi connectivity index (χ0v) is 20.5. The predicted octanol–water partition coefficient (Wildman–Crippen LogP) is 3.59. The molecule has 2 heterocycles. The van der Waals surface area contributed by atoms with Crippen molar-refractivity contribution < 1.29 is 9.59 Å². The molecule has 2 aliphatic heterocycles. The number of hydrogen-bond donors (Lipinski definition) is 2. The SMILES string of the molecule is CCCN1C(=O)C2CCC(C(=O)NC(C)C)CC2N2C(SCc3ccc(Cl)cc3)=NNC12. The molecule has 0 bridgehead atoms. The summed E-state index contributed by atoms with van der Waals surface area (Å²) in [6, 6.07) is 7.92. The molecule has 1 aliphatic carbocycles. The second-order valence-corrected chi connectivity index (χ2v) is 10.5. The summed E-state index contributed by atoms with van der Waals surface area (Å²) in [4.78, 5) is 30.3. The number of thioether (sulfide) groups is 1. The van der Waals surface area contributed by atoms with Gasteiger partial charge in [-0.25, -0.2) is 0 Å². The van der Waals surface area contributed by atoms with Crippen LogP contribution in [0, 0.1) is 11.8 Å². The van der Waals surface area contributed by atoms with Gasteiger partial charge < -0.3 is 15.1 Å². The van der Waals surface area contributed by atoms with Crippen LogP contribution in [0.4, 0.5) is 0 Å². The Morgan fingerprint density at radius 1 is 1.31 bits per heavy atom. The van der Waals surface area contributed by atoms with Gasteiger partial charge in [0.25, 0.3) is 0 Å². The van der Waals surface area contributed by atoms with Crippen molar-refractivity contribution in [3.63, 3.8) is 0 Å². The molecule has 3 aliphatic rings. The summed E-state index contributed by atoms with van der Waals surface area (Å²) in [5.74, 6) is 0.873. The lowest BCUT2D eigenvalue weighted by Gasteiger charge is -2.51. The highest BCUT2D eigenvalue weighted by Crippen LogP contribution is 2.41. The maximum absolute atomic E-state index is 13.4. The van der Waals surface area contributed by atoms with Crippen LogP contribution in [0.15, 0.2) is 29.4 Å². The molecule has 0 radical (unpaired) electrons. The standard InChI is InChI=1S/C23H32ClN5O2S/c1-4-11-28-21(31)18-10-7-16(20(30)25-14(2)3)12-19(18)29-22(28)26-27-23(29)32-13-15-5-8-17(24)9-6-15/h5-6,8-9,14,16,18-19,22,26H,4,7,10-13H2,1-3H3,(H,25,30). The molecular formula is C23H32ClN5O2S. The number of carbonyl (C=O) groups excluding carboxylic acids is 2. The Morgan fingerprint density at radius 3 is 2.75 bits per heavy atom. The number of hydrazone groups is 1. The molecule has 2 amide bonds. The van der Waals surface area contributed by atoms with Crippen LogP contribution in [0.1, 0.15) is 52.0 Å². The second-order valence-electron chi connectivity index (χ2n) is 9.10. The Kier molecular flexibility index (Phi) is 7.20. The summed E-state index contributed by atoms with van der Waals surface area (Å²) in [7, 11) is 0. The average molecular weight is 478 g/mol. The van der Waals surface area contributed by atoms with Gasteiger partial charge in [0.2, 0.25) is 11.8 Å². The van der Waals surface area contributed by atoms with E-state index in [0.29, 0.717) is 13.0 Å². The number of fused-ring (bicyclic) bond motifs is 3. The Labute approximate surface area is 199 Å². The normalized spacial score (nSPS) is 27.0. The molecule has 1 aromatic rings. The first-order valence-electron chi connectivity index (χ1n) is 11.5. The molecule has 2 N–H and O–H groups in total. The van der Waals surface area contributed by atoms with Gasteiger partial charge in [0, 0.05) is 35.3 Å². The molecule has 2 fully saturated rings. The van der Waals surface area contributed by atoms with E-state index < -0.39 is 0 Å². The van der Waals surface area contributed by atoms with E-state index in [1.807, 2.05) is 43.0 Å². The highest BCUT2D eigenvalue weighted by molar-refractivity contribution is 8.13. The van der Waals surface area contributed by atoms with Crippen molar-refractivity contribution in [2.75, 3.05) is 6.54 Å². The Hall–Kier alpha value is -1.93. The fourth-order valence-corrected chi connectivity index (χ4v) is 6.02. The van der Waals surface area contributed by atoms with Crippen molar-refractivity contribution in [2.24, 2.45) is 16.9 Å². The number of benzene rings is 1. The Morgan fingerprint density at radius 2 is 2.06 bits per heavy atom. The van der Waals surface area contributed by atoms with Crippen LogP contribution in [0.3, 0.4) is 0 Å². The van der Waals surface area contributed by atoms with E-state index in [2.05, 4.69) is 27.7 Å². The molecule has 4 unspecified atom stereocenters. The van der Waals surface area contributed by atoms with E-state index >= 15 is 0 Å². The van der Waals surface area contributed by atoms with E-state index in [1.165, 1.54) is 5.56 Å². The summed E-state index contributed by atoms with van der Waals surface area (Å²) >= 11 is 7.68. The number of nitrogens with one attached hydrogen (secondary N) is 2. The summed E-state index contributed by atoms with van der Waals surface area (Å²) in [5.41, 5.74) is 4.37. The van der Waals surface area contributed by atoms with Gasteiger partial charge in [0.05, 0.1) is 5.92 Å². The molecule has 4 rings (SSSR count). The van der Waals surface area contributed by atoms with E-state index in [0.717, 1.165) is 35.2 Å². The van der Waals surface area contributed by atoms with Gasteiger partial charge >= 0.3 is 0 Å². The fourth-order valence-electron chi connectivity index (χ4n) is 4.91. The minimum Gasteiger partial charge on any atom is -0.354 e. The number of nitrogens with zero attached hydrogens (tertiary/aromatic N) is 3. The second kappa shape index (κ2) is 9.91. The lowest BCUT2D eigenvalue weighted by molar-refractivity contribution is -0.157. The molecule has 4 atom stereocenters. The maximum Gasteiger partial charge on any atom is 0.230 e. The van der Waals surface area contributed by atoms with Crippen LogP contribution in [0.25, 0.3) is 0 Å². The minimum absolute atomic E-state index is 0.0243. The van der Waals surface area contributed by atoms with Crippen LogP contribution in [-0.2, 0) is 15.3 Å². The number of rotatable bonds is 6. The molecule has 1 saturated carbocycles. The van der Waals surface area contributed by atoms with E-state index in [1.54, 1.807) is 11.8 Å². The van der Waals surface area contributed by atoms with Crippen LogP contribution >= 0.6 is 23.4 Å². The third-order valence-corrected chi connectivity index (χ3v) is 7.67. The summed E-state index contributed by atoms with van der Waals surface area (Å²) in [5, 5.41) is 9.29. The van der Waals surface area contributed by atoms with Crippen molar-refractivity contribution in [3.8, 4) is 0 Å². The topological polar surface area (TPSA) is 77.0 Å². The Bertz CT molecular complexity index is 878. The molecule has 1 saturated heterocycles. The number of hydrogen-bond acceptors (Lipinski definition) is 6. The lowest BCUT2D eigenvalue weighted by Crippen LogP contribution is -2.68. The minimum atomic E-state index is -0.275. The van der Waals surface area contributed by atoms with E-state index in [4.69, 9.17) is 11.6 Å². The monoisotopic (exact) mass is 477 g/mol. The van der Waals surface area contributed by atoms with Crippen LogP contribution in [0.2, 0.25) is 5.02 Å². The number of amides is 2. The van der Waals surface area contributed by atoms with Crippen molar-refractivity contribution in [1.82, 2.24) is 20.5 Å². The molecule has 7 nitrogen and oxygen atoms in total. The first-order chi connectivity index (χ1) is 15.4. The average Bonchev–Trinajstić information content (AvgIpc) is 3.19. The zero-order valence-electron chi connectivity index (χ0n) is 18.9. The van der Waals surface area contributed by atoms with Gasteiger partial charge in [0.15, 0.2) is 11.5 Å². The van der Waals surface area contributed by atoms with Crippen molar-refractivity contribution >= 4 is 40.3 Å². The first kappa shape index (κ1) is 23.2. The van der Waals surface area contributed by atoms with Crippen molar-refractivity contribution in [3.05, 3.63) is 34.9 Å². The molecule has 0 spiro atoms. The zero-order chi connectivity index (χ0) is 22.8. The predicted molar refractivity (Wildman–Crippen MR) is 129 cm³/mol. The molecule has 174 valence electrons. The summed E-state index contributed by atoms with van der Waals surface area (Å²) in [6.07, 6.45) is 2.78. The summed E-state index contributed by atoms with van der Waals surface area (Å²) in [6.45, 7) is 6.74. The van der Waals surface area contributed by atoms with Gasteiger partial charge in [-0.05, 0) is 57.2 Å². The molecule has 9 heteroatoms. The fraction of sp³-hybridized carbons (Fsp3) is 0.609. The highest BCUT2D eigenvalue weighted by atomic mass is 35.5. The van der Waals surface area contributed by atoms with Gasteiger partial charge in [-0.3, -0.25) is 15.0 Å². The molecule has 0 aromatic heterocycles. The largest absolute Gasteiger partial charge is 0.354 e. The maximum atomic E-state index is 13.4. The third kappa shape index (κ3) is 4.71. The molecule has 1 aromatic carbocycles. The van der Waals surface area contributed by atoms with Gasteiger partial charge in [-0.15, -0.1) is 0 Å². The van der Waals surface area contributed by atoms with Crippen LogP contribution < -0.4 is 10.7 Å². The smallest absolute Gasteiger partial charge is 0.230 e. The van der Waals surface area contributed by atoms with Crippen molar-refractivity contribution in [2.45, 2.75) is 70.6 Å². The first-order valence-corrected chi connectivity index (χ1v) is 12.8. The summed E-state index contributed by atoms with van der Waals surface area (Å²) < 4.78 is 0. The van der Waals surface area contributed by atoms with Gasteiger partial charge in [-0.1, -0.05) is 42.4 Å². The van der Waals surface area contributed by atoms with Crippen LogP contribution in [0.5, 0.6) is 0 Å².